The van der Waals surface area contributed by atoms with E-state index in [0.29, 0.717) is 17.6 Å². The van der Waals surface area contributed by atoms with Gasteiger partial charge in [0, 0.05) is 31.0 Å². The lowest BCUT2D eigenvalue weighted by Crippen LogP contribution is -2.64. The van der Waals surface area contributed by atoms with Crippen LogP contribution in [-0.2, 0) is 11.2 Å². The molecule has 2 fully saturated rings. The summed E-state index contributed by atoms with van der Waals surface area (Å²) in [6.45, 7) is 3.86. The van der Waals surface area contributed by atoms with Gasteiger partial charge in [0.05, 0.1) is 6.10 Å². The predicted octanol–water partition coefficient (Wildman–Crippen LogP) is 2.33. The summed E-state index contributed by atoms with van der Waals surface area (Å²) in [4.78, 5) is 4.06. The maximum atomic E-state index is 5.97. The second-order valence-electron chi connectivity index (χ2n) is 6.08. The molecule has 20 heavy (non-hydrogen) atoms. The van der Waals surface area contributed by atoms with E-state index in [1.165, 1.54) is 38.5 Å². The van der Waals surface area contributed by atoms with E-state index in [0.717, 1.165) is 31.8 Å². The zero-order chi connectivity index (χ0) is 13.8. The van der Waals surface area contributed by atoms with Gasteiger partial charge in [-0.1, -0.05) is 24.4 Å². The quantitative estimate of drug-likeness (QED) is 0.866. The molecule has 2 aliphatic carbocycles. The van der Waals surface area contributed by atoms with Crippen LogP contribution in [0, 0.1) is 5.41 Å². The molecule has 1 spiro atoms. The van der Waals surface area contributed by atoms with Crippen LogP contribution in [0.2, 0.25) is 0 Å². The highest BCUT2D eigenvalue weighted by molar-refractivity contribution is 5.09. The van der Waals surface area contributed by atoms with E-state index in [9.17, 15) is 0 Å². The third kappa shape index (κ3) is 2.61. The van der Waals surface area contributed by atoms with E-state index in [4.69, 9.17) is 9.26 Å². The predicted molar refractivity (Wildman–Crippen MR) is 75.3 cm³/mol. The monoisotopic (exact) mass is 279 g/mol. The Morgan fingerprint density at radius 1 is 1.40 bits per heavy atom. The van der Waals surface area contributed by atoms with Crippen molar-refractivity contribution in [2.24, 2.45) is 5.41 Å². The van der Waals surface area contributed by atoms with E-state index in [2.05, 4.69) is 22.4 Å². The minimum absolute atomic E-state index is 0.394. The number of rotatable bonds is 6. The SMILES string of the molecule is CCOC1CC(NCCc2ncon2)C12CCCCC2. The van der Waals surface area contributed by atoms with Crippen molar-refractivity contribution < 1.29 is 9.26 Å². The first-order valence-corrected chi connectivity index (χ1v) is 7.95. The first kappa shape index (κ1) is 14.0. The third-order valence-corrected chi connectivity index (χ3v) is 5.08. The lowest BCUT2D eigenvalue weighted by molar-refractivity contribution is -0.149. The molecule has 3 rings (SSSR count). The van der Waals surface area contributed by atoms with Crippen LogP contribution in [0.4, 0.5) is 0 Å². The highest BCUT2D eigenvalue weighted by Gasteiger charge is 2.55. The molecule has 1 heterocycles. The van der Waals surface area contributed by atoms with Crippen molar-refractivity contribution in [3.63, 3.8) is 0 Å². The molecule has 0 radical (unpaired) electrons. The summed E-state index contributed by atoms with van der Waals surface area (Å²) in [7, 11) is 0. The molecule has 2 atom stereocenters. The average molecular weight is 279 g/mol. The summed E-state index contributed by atoms with van der Waals surface area (Å²) in [6, 6.07) is 0.603. The molecule has 1 N–H and O–H groups in total. The summed E-state index contributed by atoms with van der Waals surface area (Å²) in [6.07, 6.45) is 10.6. The molecule has 2 saturated carbocycles. The Morgan fingerprint density at radius 3 is 2.95 bits per heavy atom. The Hall–Kier alpha value is -0.940. The van der Waals surface area contributed by atoms with Crippen molar-refractivity contribution >= 4 is 0 Å². The van der Waals surface area contributed by atoms with Gasteiger partial charge in [0.2, 0.25) is 6.39 Å². The lowest BCUT2D eigenvalue weighted by Gasteiger charge is -2.58. The first-order valence-electron chi connectivity index (χ1n) is 7.95. The second-order valence-corrected chi connectivity index (χ2v) is 6.08. The second kappa shape index (κ2) is 6.22. The summed E-state index contributed by atoms with van der Waals surface area (Å²) in [5.74, 6) is 0.788. The number of nitrogens with one attached hydrogen (secondary N) is 1. The first-order chi connectivity index (χ1) is 9.85. The molecule has 2 aliphatic rings. The molecule has 0 aromatic carbocycles. The van der Waals surface area contributed by atoms with Gasteiger partial charge in [-0.3, -0.25) is 0 Å². The van der Waals surface area contributed by atoms with Gasteiger partial charge in [-0.05, 0) is 26.2 Å². The summed E-state index contributed by atoms with van der Waals surface area (Å²) < 4.78 is 10.7. The Balaban J connectivity index is 1.53. The number of ether oxygens (including phenoxy) is 1. The molecule has 2 unspecified atom stereocenters. The van der Waals surface area contributed by atoms with Gasteiger partial charge in [-0.25, -0.2) is 0 Å². The van der Waals surface area contributed by atoms with Gasteiger partial charge < -0.3 is 14.6 Å². The van der Waals surface area contributed by atoms with Crippen LogP contribution in [0.15, 0.2) is 10.9 Å². The van der Waals surface area contributed by atoms with Gasteiger partial charge in [-0.15, -0.1) is 0 Å². The molecular formula is C15H25N3O2. The maximum absolute atomic E-state index is 5.97. The largest absolute Gasteiger partial charge is 0.378 e. The number of hydrogen-bond donors (Lipinski definition) is 1. The molecule has 112 valence electrons. The zero-order valence-electron chi connectivity index (χ0n) is 12.3. The minimum atomic E-state index is 0.394. The molecule has 1 aromatic rings. The minimum Gasteiger partial charge on any atom is -0.378 e. The van der Waals surface area contributed by atoms with Gasteiger partial charge in [0.1, 0.15) is 0 Å². The summed E-state index contributed by atoms with van der Waals surface area (Å²) in [5, 5.41) is 7.56. The lowest BCUT2D eigenvalue weighted by atomic mass is 9.55. The summed E-state index contributed by atoms with van der Waals surface area (Å²) in [5.41, 5.74) is 0.394. The van der Waals surface area contributed by atoms with Crippen LogP contribution in [0.1, 0.15) is 51.3 Å². The van der Waals surface area contributed by atoms with E-state index in [1.807, 2.05) is 0 Å². The van der Waals surface area contributed by atoms with Crippen LogP contribution in [0.25, 0.3) is 0 Å². The molecule has 0 aliphatic heterocycles. The zero-order valence-corrected chi connectivity index (χ0v) is 12.3. The maximum Gasteiger partial charge on any atom is 0.213 e. The topological polar surface area (TPSA) is 60.2 Å². The fourth-order valence-electron chi connectivity index (χ4n) is 4.01. The smallest absolute Gasteiger partial charge is 0.213 e. The van der Waals surface area contributed by atoms with Gasteiger partial charge in [0.15, 0.2) is 5.82 Å². The van der Waals surface area contributed by atoms with E-state index < -0.39 is 0 Å². The fourth-order valence-corrected chi connectivity index (χ4v) is 4.01. The Morgan fingerprint density at radius 2 is 2.25 bits per heavy atom. The van der Waals surface area contributed by atoms with Crippen molar-refractivity contribution in [2.45, 2.75) is 64.0 Å². The van der Waals surface area contributed by atoms with Gasteiger partial charge in [-0.2, -0.15) is 4.98 Å². The Bertz CT molecular complexity index is 401. The van der Waals surface area contributed by atoms with E-state index >= 15 is 0 Å². The normalized spacial score (nSPS) is 28.4. The van der Waals surface area contributed by atoms with E-state index in [1.54, 1.807) is 0 Å². The van der Waals surface area contributed by atoms with Gasteiger partial charge in [0.25, 0.3) is 0 Å². The molecule has 0 amide bonds. The van der Waals surface area contributed by atoms with Crippen LogP contribution in [0.3, 0.4) is 0 Å². The van der Waals surface area contributed by atoms with Crippen LogP contribution >= 0.6 is 0 Å². The molecular weight excluding hydrogens is 254 g/mol. The van der Waals surface area contributed by atoms with Gasteiger partial charge >= 0.3 is 0 Å². The Labute approximate surface area is 120 Å². The number of aromatic nitrogens is 2. The standard InChI is InChI=1S/C15H25N3O2/c1-2-19-13-10-12(15(13)7-4-3-5-8-15)16-9-6-14-17-11-20-18-14/h11-13,16H,2-10H2,1H3. The molecule has 0 bridgehead atoms. The third-order valence-electron chi connectivity index (χ3n) is 5.08. The van der Waals surface area contributed by atoms with Crippen molar-refractivity contribution in [1.82, 2.24) is 15.5 Å². The molecule has 5 nitrogen and oxygen atoms in total. The van der Waals surface area contributed by atoms with E-state index in [-0.39, 0.29) is 0 Å². The average Bonchev–Trinajstić information content (AvgIpc) is 3.00. The summed E-state index contributed by atoms with van der Waals surface area (Å²) >= 11 is 0. The Kier molecular flexibility index (Phi) is 4.36. The van der Waals surface area contributed by atoms with Crippen LogP contribution in [0.5, 0.6) is 0 Å². The van der Waals surface area contributed by atoms with Crippen LogP contribution < -0.4 is 5.32 Å². The van der Waals surface area contributed by atoms with Crippen molar-refractivity contribution in [3.05, 3.63) is 12.2 Å². The fraction of sp³-hybridized carbons (Fsp3) is 0.867. The van der Waals surface area contributed by atoms with Crippen molar-refractivity contribution in [3.8, 4) is 0 Å². The molecule has 5 heteroatoms. The molecule has 0 saturated heterocycles. The van der Waals surface area contributed by atoms with Crippen molar-refractivity contribution in [1.29, 1.82) is 0 Å². The van der Waals surface area contributed by atoms with Crippen molar-refractivity contribution in [2.75, 3.05) is 13.2 Å². The van der Waals surface area contributed by atoms with Crippen LogP contribution in [-0.4, -0.2) is 35.4 Å². The number of hydrogen-bond acceptors (Lipinski definition) is 5. The highest BCUT2D eigenvalue weighted by atomic mass is 16.5. The molecule has 1 aromatic heterocycles. The number of nitrogens with zero attached hydrogens (tertiary/aromatic N) is 2. The highest BCUT2D eigenvalue weighted by Crippen LogP contribution is 2.53.